The van der Waals surface area contributed by atoms with Gasteiger partial charge in [-0.05, 0) is 13.0 Å². The molecule has 1 aromatic heterocycles. The Kier molecular flexibility index (Phi) is 2.75. The van der Waals surface area contributed by atoms with Crippen molar-refractivity contribution in [3.05, 3.63) is 16.9 Å². The van der Waals surface area contributed by atoms with Crippen molar-refractivity contribution in [1.82, 2.24) is 15.1 Å². The average molecular weight is 230 g/mol. The van der Waals surface area contributed by atoms with Crippen LogP contribution in [0.1, 0.15) is 19.0 Å². The zero-order valence-corrected chi connectivity index (χ0v) is 9.75. The molecular formula is C10H16ClN3O. The third-order valence-corrected chi connectivity index (χ3v) is 3.53. The molecule has 0 aromatic carbocycles. The molecule has 2 rings (SSSR count). The third kappa shape index (κ3) is 1.67. The second-order valence-electron chi connectivity index (χ2n) is 4.24. The first-order valence-electron chi connectivity index (χ1n) is 5.17. The Morgan fingerprint density at radius 1 is 1.73 bits per heavy atom. The fraction of sp³-hybridized carbons (Fsp3) is 0.700. The van der Waals surface area contributed by atoms with Crippen molar-refractivity contribution in [2.45, 2.75) is 18.9 Å². The van der Waals surface area contributed by atoms with Crippen LogP contribution in [0.15, 0.2) is 6.20 Å². The lowest BCUT2D eigenvalue weighted by molar-refractivity contribution is -0.0457. The van der Waals surface area contributed by atoms with Crippen molar-refractivity contribution in [3.8, 4) is 0 Å². The fourth-order valence-corrected chi connectivity index (χ4v) is 2.59. The highest BCUT2D eigenvalue weighted by atomic mass is 35.5. The van der Waals surface area contributed by atoms with E-state index >= 15 is 0 Å². The molecule has 0 spiro atoms. The quantitative estimate of drug-likeness (QED) is 0.752. The fourth-order valence-electron chi connectivity index (χ4n) is 2.26. The van der Waals surface area contributed by atoms with Gasteiger partial charge in [0, 0.05) is 19.5 Å². The number of rotatable bonds is 1. The minimum Gasteiger partial charge on any atom is -0.383 e. The van der Waals surface area contributed by atoms with Crippen LogP contribution in [0, 0.1) is 5.92 Å². The van der Waals surface area contributed by atoms with E-state index in [-0.39, 0.29) is 5.92 Å². The monoisotopic (exact) mass is 229 g/mol. The van der Waals surface area contributed by atoms with E-state index in [9.17, 15) is 5.11 Å². The van der Waals surface area contributed by atoms with Gasteiger partial charge in [0.2, 0.25) is 0 Å². The van der Waals surface area contributed by atoms with Gasteiger partial charge in [-0.3, -0.25) is 4.68 Å². The summed E-state index contributed by atoms with van der Waals surface area (Å²) in [7, 11) is 1.81. The maximum Gasteiger partial charge on any atom is 0.113 e. The lowest BCUT2D eigenvalue weighted by Crippen LogP contribution is -2.47. The van der Waals surface area contributed by atoms with Crippen LogP contribution >= 0.6 is 11.6 Å². The summed E-state index contributed by atoms with van der Waals surface area (Å²) in [5.41, 5.74) is -0.119. The van der Waals surface area contributed by atoms with Gasteiger partial charge in [-0.15, -0.1) is 0 Å². The highest BCUT2D eigenvalue weighted by molar-refractivity contribution is 6.31. The standard InChI is InChI=1S/C10H16ClN3O/c1-7-5-12-4-3-10(7,15)9-8(11)6-13-14(9)2/h6-7,12,15H,3-5H2,1-2H3. The Labute approximate surface area is 94.2 Å². The topological polar surface area (TPSA) is 50.1 Å². The molecule has 0 amide bonds. The molecule has 0 radical (unpaired) electrons. The molecule has 2 heterocycles. The predicted octanol–water partition coefficient (Wildman–Crippen LogP) is 0.891. The summed E-state index contributed by atoms with van der Waals surface area (Å²) in [6.07, 6.45) is 2.26. The maximum absolute atomic E-state index is 10.7. The molecule has 1 aliphatic heterocycles. The Bertz CT molecular complexity index is 346. The van der Waals surface area contributed by atoms with E-state index in [1.54, 1.807) is 10.9 Å². The summed E-state index contributed by atoms with van der Waals surface area (Å²) < 4.78 is 1.67. The molecule has 2 unspecified atom stereocenters. The number of hydrogen-bond donors (Lipinski definition) is 2. The molecule has 1 saturated heterocycles. The normalized spacial score (nSPS) is 31.9. The van der Waals surface area contributed by atoms with E-state index in [0.717, 1.165) is 18.8 Å². The third-order valence-electron chi connectivity index (χ3n) is 3.25. The SMILES string of the molecule is CC1CNCCC1(O)c1c(Cl)cnn1C. The lowest BCUT2D eigenvalue weighted by Gasteiger charge is -2.38. The number of piperidine rings is 1. The van der Waals surface area contributed by atoms with Crippen molar-refractivity contribution in [3.63, 3.8) is 0 Å². The molecule has 2 atom stereocenters. The molecule has 1 fully saturated rings. The second-order valence-corrected chi connectivity index (χ2v) is 4.65. The van der Waals surface area contributed by atoms with Crippen molar-refractivity contribution >= 4 is 11.6 Å². The van der Waals surface area contributed by atoms with Gasteiger partial charge in [-0.25, -0.2) is 0 Å². The molecule has 84 valence electrons. The highest BCUT2D eigenvalue weighted by Crippen LogP contribution is 2.37. The van der Waals surface area contributed by atoms with Crippen LogP contribution in [0.25, 0.3) is 0 Å². The van der Waals surface area contributed by atoms with Crippen LogP contribution in [0.5, 0.6) is 0 Å². The maximum atomic E-state index is 10.7. The van der Waals surface area contributed by atoms with E-state index in [2.05, 4.69) is 10.4 Å². The summed E-state index contributed by atoms with van der Waals surface area (Å²) in [4.78, 5) is 0. The van der Waals surface area contributed by atoms with Gasteiger partial charge in [-0.1, -0.05) is 18.5 Å². The summed E-state index contributed by atoms with van der Waals surface area (Å²) in [5.74, 6) is 0.138. The molecular weight excluding hydrogens is 214 g/mol. The summed E-state index contributed by atoms with van der Waals surface area (Å²) in [6, 6.07) is 0. The number of nitrogens with zero attached hydrogens (tertiary/aromatic N) is 2. The molecule has 0 aliphatic carbocycles. The van der Waals surface area contributed by atoms with Crippen LogP contribution < -0.4 is 5.32 Å². The lowest BCUT2D eigenvalue weighted by atomic mass is 9.80. The minimum atomic E-state index is -0.854. The zero-order chi connectivity index (χ0) is 11.1. The van der Waals surface area contributed by atoms with Crippen LogP contribution in [-0.2, 0) is 12.6 Å². The number of nitrogens with one attached hydrogen (secondary N) is 1. The number of aromatic nitrogens is 2. The van der Waals surface area contributed by atoms with Crippen LogP contribution in [0.2, 0.25) is 5.02 Å². The van der Waals surface area contributed by atoms with E-state index in [1.807, 2.05) is 14.0 Å². The summed E-state index contributed by atoms with van der Waals surface area (Å²) in [6.45, 7) is 3.63. The predicted molar refractivity (Wildman–Crippen MR) is 58.8 cm³/mol. The Balaban J connectivity index is 2.43. The van der Waals surface area contributed by atoms with Gasteiger partial charge >= 0.3 is 0 Å². The molecule has 1 aromatic rings. The smallest absolute Gasteiger partial charge is 0.113 e. The highest BCUT2D eigenvalue weighted by Gasteiger charge is 2.41. The first-order valence-corrected chi connectivity index (χ1v) is 5.54. The Morgan fingerprint density at radius 3 is 3.00 bits per heavy atom. The van der Waals surface area contributed by atoms with E-state index in [1.165, 1.54) is 0 Å². The largest absolute Gasteiger partial charge is 0.383 e. The Morgan fingerprint density at radius 2 is 2.47 bits per heavy atom. The second kappa shape index (κ2) is 3.77. The molecule has 0 bridgehead atoms. The summed E-state index contributed by atoms with van der Waals surface area (Å²) in [5, 5.41) is 18.6. The Hall–Kier alpha value is -0.580. The molecule has 5 heteroatoms. The van der Waals surface area contributed by atoms with Gasteiger partial charge < -0.3 is 10.4 Å². The van der Waals surface area contributed by atoms with Crippen molar-refractivity contribution in [2.24, 2.45) is 13.0 Å². The van der Waals surface area contributed by atoms with Crippen LogP contribution in [-0.4, -0.2) is 28.0 Å². The van der Waals surface area contributed by atoms with Crippen LogP contribution in [0.3, 0.4) is 0 Å². The van der Waals surface area contributed by atoms with Gasteiger partial charge in [0.1, 0.15) is 5.60 Å². The van der Waals surface area contributed by atoms with E-state index in [0.29, 0.717) is 11.4 Å². The number of halogens is 1. The van der Waals surface area contributed by atoms with Crippen molar-refractivity contribution in [2.75, 3.05) is 13.1 Å². The zero-order valence-electron chi connectivity index (χ0n) is 9.00. The minimum absolute atomic E-state index is 0.138. The molecule has 15 heavy (non-hydrogen) atoms. The molecule has 4 nitrogen and oxygen atoms in total. The number of aryl methyl sites for hydroxylation is 1. The average Bonchev–Trinajstić information content (AvgIpc) is 2.52. The number of hydrogen-bond acceptors (Lipinski definition) is 3. The molecule has 1 aliphatic rings. The first-order chi connectivity index (χ1) is 7.05. The van der Waals surface area contributed by atoms with Gasteiger partial charge in [0.15, 0.2) is 0 Å². The van der Waals surface area contributed by atoms with Gasteiger partial charge in [0.25, 0.3) is 0 Å². The molecule has 2 N–H and O–H groups in total. The van der Waals surface area contributed by atoms with E-state index in [4.69, 9.17) is 11.6 Å². The van der Waals surface area contributed by atoms with Crippen molar-refractivity contribution in [1.29, 1.82) is 0 Å². The first kappa shape index (κ1) is 10.9. The van der Waals surface area contributed by atoms with Gasteiger partial charge in [0.05, 0.1) is 16.9 Å². The summed E-state index contributed by atoms with van der Waals surface area (Å²) >= 11 is 6.07. The van der Waals surface area contributed by atoms with E-state index < -0.39 is 5.60 Å². The van der Waals surface area contributed by atoms with Crippen LogP contribution in [0.4, 0.5) is 0 Å². The van der Waals surface area contributed by atoms with Crippen molar-refractivity contribution < 1.29 is 5.11 Å². The van der Waals surface area contributed by atoms with Gasteiger partial charge in [-0.2, -0.15) is 5.10 Å². The molecule has 0 saturated carbocycles. The number of aliphatic hydroxyl groups is 1.